The van der Waals surface area contributed by atoms with Crippen LogP contribution in [-0.4, -0.2) is 31.3 Å². The number of benzene rings is 1. The summed E-state index contributed by atoms with van der Waals surface area (Å²) in [5.74, 6) is 0.275. The summed E-state index contributed by atoms with van der Waals surface area (Å²) < 4.78 is 4.71. The van der Waals surface area contributed by atoms with E-state index in [2.05, 4.69) is 12.2 Å². The van der Waals surface area contributed by atoms with Gasteiger partial charge in [0, 0.05) is 13.2 Å². The Balaban J connectivity index is 2.52. The van der Waals surface area contributed by atoms with Gasteiger partial charge in [0.25, 0.3) is 0 Å². The molecule has 1 aromatic carbocycles. The molecule has 0 aromatic heterocycles. The number of carbonyl (C=O) groups is 1. The number of hydrogen-bond acceptors (Lipinski definition) is 4. The zero-order valence-corrected chi connectivity index (χ0v) is 12.4. The number of hydrogen-bond donors (Lipinski definition) is 2. The van der Waals surface area contributed by atoms with Crippen LogP contribution in [0.3, 0.4) is 0 Å². The van der Waals surface area contributed by atoms with Crippen LogP contribution >= 0.6 is 0 Å². The average Bonchev–Trinajstić information content (AvgIpc) is 2.47. The number of nitrogens with one attached hydrogen (secondary N) is 1. The van der Waals surface area contributed by atoms with Gasteiger partial charge in [0.2, 0.25) is 0 Å². The van der Waals surface area contributed by atoms with Crippen LogP contribution in [0.5, 0.6) is 0 Å². The maximum atomic E-state index is 11.4. The molecule has 2 N–H and O–H groups in total. The Labute approximate surface area is 121 Å². The van der Waals surface area contributed by atoms with Gasteiger partial charge in [-0.3, -0.25) is 4.79 Å². The van der Waals surface area contributed by atoms with E-state index in [-0.39, 0.29) is 12.6 Å². The highest BCUT2D eigenvalue weighted by Crippen LogP contribution is 2.11. The smallest absolute Gasteiger partial charge is 0.309 e. The van der Waals surface area contributed by atoms with E-state index in [0.29, 0.717) is 12.3 Å². The minimum Gasteiger partial charge on any atom is -0.469 e. The van der Waals surface area contributed by atoms with E-state index in [1.807, 2.05) is 24.3 Å². The van der Waals surface area contributed by atoms with E-state index >= 15 is 0 Å². The van der Waals surface area contributed by atoms with Crippen LogP contribution in [0.2, 0.25) is 0 Å². The summed E-state index contributed by atoms with van der Waals surface area (Å²) in [6.45, 7) is 3.98. The highest BCUT2D eigenvalue weighted by molar-refractivity contribution is 5.72. The van der Waals surface area contributed by atoms with Crippen LogP contribution in [0.25, 0.3) is 0 Å². The second-order valence-electron chi connectivity index (χ2n) is 4.94. The minimum atomic E-state index is -0.218. The molecule has 4 heteroatoms. The Morgan fingerprint density at radius 1 is 1.35 bits per heavy atom. The predicted molar refractivity (Wildman–Crippen MR) is 79.4 cm³/mol. The predicted octanol–water partition coefficient (Wildman–Crippen LogP) is 1.90. The summed E-state index contributed by atoms with van der Waals surface area (Å²) in [4.78, 5) is 11.4. The Bertz CT molecular complexity index is 406. The van der Waals surface area contributed by atoms with E-state index in [9.17, 15) is 4.79 Å². The molecule has 0 bridgehead atoms. The molecule has 112 valence electrons. The molecule has 0 aliphatic heterocycles. The zero-order valence-electron chi connectivity index (χ0n) is 12.4. The normalized spacial score (nSPS) is 12.2. The topological polar surface area (TPSA) is 58.6 Å². The van der Waals surface area contributed by atoms with Crippen LogP contribution in [-0.2, 0) is 22.5 Å². The first-order valence-electron chi connectivity index (χ1n) is 7.16. The van der Waals surface area contributed by atoms with E-state index < -0.39 is 0 Å². The first-order chi connectivity index (χ1) is 9.71. The second kappa shape index (κ2) is 9.50. The van der Waals surface area contributed by atoms with Gasteiger partial charge in [0.05, 0.1) is 13.5 Å². The molecule has 4 nitrogen and oxygen atoms in total. The molecule has 0 radical (unpaired) electrons. The van der Waals surface area contributed by atoms with Crippen LogP contribution < -0.4 is 5.32 Å². The van der Waals surface area contributed by atoms with Crippen molar-refractivity contribution in [2.24, 2.45) is 5.92 Å². The van der Waals surface area contributed by atoms with Crippen molar-refractivity contribution in [3.05, 3.63) is 35.4 Å². The Kier molecular flexibility index (Phi) is 7.92. The van der Waals surface area contributed by atoms with Crippen molar-refractivity contribution in [2.75, 3.05) is 20.3 Å². The highest BCUT2D eigenvalue weighted by Gasteiger charge is 2.09. The summed E-state index contributed by atoms with van der Waals surface area (Å²) in [5.41, 5.74) is 2.12. The van der Waals surface area contributed by atoms with E-state index in [1.165, 1.54) is 7.11 Å². The van der Waals surface area contributed by atoms with Crippen molar-refractivity contribution in [1.82, 2.24) is 5.32 Å². The van der Waals surface area contributed by atoms with Crippen molar-refractivity contribution >= 4 is 5.97 Å². The Hall–Kier alpha value is -1.39. The van der Waals surface area contributed by atoms with E-state index in [1.54, 1.807) is 0 Å². The number of rotatable bonds is 9. The molecule has 1 rings (SSSR count). The Morgan fingerprint density at radius 3 is 2.65 bits per heavy atom. The third-order valence-corrected chi connectivity index (χ3v) is 3.54. The number of methoxy groups -OCH3 is 1. The molecular formula is C16H25NO3. The van der Waals surface area contributed by atoms with Gasteiger partial charge in [0.15, 0.2) is 0 Å². The number of esters is 1. The lowest BCUT2D eigenvalue weighted by atomic mass is 10.0. The van der Waals surface area contributed by atoms with Gasteiger partial charge < -0.3 is 15.2 Å². The molecular weight excluding hydrogens is 254 g/mol. The fourth-order valence-corrected chi connectivity index (χ4v) is 2.17. The quantitative estimate of drug-likeness (QED) is 0.678. The molecule has 0 amide bonds. The van der Waals surface area contributed by atoms with Crippen molar-refractivity contribution in [3.63, 3.8) is 0 Å². The highest BCUT2D eigenvalue weighted by atomic mass is 16.5. The zero-order chi connectivity index (χ0) is 14.8. The number of ether oxygens (including phenoxy) is 1. The third-order valence-electron chi connectivity index (χ3n) is 3.54. The van der Waals surface area contributed by atoms with Crippen molar-refractivity contribution in [3.8, 4) is 0 Å². The lowest BCUT2D eigenvalue weighted by Gasteiger charge is -2.15. The molecule has 0 aliphatic carbocycles. The average molecular weight is 279 g/mol. The number of aliphatic hydroxyl groups excluding tert-OH is 1. The van der Waals surface area contributed by atoms with Gasteiger partial charge in [-0.15, -0.1) is 0 Å². The lowest BCUT2D eigenvalue weighted by Crippen LogP contribution is -2.23. The molecule has 0 spiro atoms. The van der Waals surface area contributed by atoms with Gasteiger partial charge in [-0.05, 0) is 30.0 Å². The van der Waals surface area contributed by atoms with Crippen LogP contribution in [0.1, 0.15) is 30.9 Å². The number of aliphatic hydroxyl groups is 1. The lowest BCUT2D eigenvalue weighted by molar-refractivity contribution is -0.139. The molecule has 0 saturated carbocycles. The van der Waals surface area contributed by atoms with Gasteiger partial charge >= 0.3 is 5.97 Å². The SMILES string of the molecule is CCC(CCO)CNCc1ccccc1CC(=O)OC. The third kappa shape index (κ3) is 5.72. The van der Waals surface area contributed by atoms with Crippen molar-refractivity contribution < 1.29 is 14.6 Å². The molecule has 0 heterocycles. The van der Waals surface area contributed by atoms with Gasteiger partial charge in [0.1, 0.15) is 0 Å². The molecule has 1 atom stereocenters. The maximum Gasteiger partial charge on any atom is 0.309 e. The van der Waals surface area contributed by atoms with Crippen LogP contribution in [0, 0.1) is 5.92 Å². The standard InChI is InChI=1S/C16H25NO3/c1-3-13(8-9-18)11-17-12-15-7-5-4-6-14(15)10-16(19)20-2/h4-7,13,17-18H,3,8-12H2,1-2H3. The fraction of sp³-hybridized carbons (Fsp3) is 0.562. The second-order valence-corrected chi connectivity index (χ2v) is 4.94. The maximum absolute atomic E-state index is 11.4. The largest absolute Gasteiger partial charge is 0.469 e. The van der Waals surface area contributed by atoms with Gasteiger partial charge in [-0.25, -0.2) is 0 Å². The summed E-state index contributed by atoms with van der Waals surface area (Å²) >= 11 is 0. The molecule has 0 saturated heterocycles. The Morgan fingerprint density at radius 2 is 2.05 bits per heavy atom. The molecule has 1 unspecified atom stereocenters. The van der Waals surface area contributed by atoms with Gasteiger partial charge in [-0.1, -0.05) is 37.6 Å². The first kappa shape index (κ1) is 16.7. The van der Waals surface area contributed by atoms with Crippen LogP contribution in [0.4, 0.5) is 0 Å². The summed E-state index contributed by atoms with van der Waals surface area (Å²) in [6.07, 6.45) is 2.19. The van der Waals surface area contributed by atoms with Gasteiger partial charge in [-0.2, -0.15) is 0 Å². The summed E-state index contributed by atoms with van der Waals surface area (Å²) in [5, 5.41) is 12.4. The molecule has 0 fully saturated rings. The van der Waals surface area contributed by atoms with Crippen LogP contribution in [0.15, 0.2) is 24.3 Å². The van der Waals surface area contributed by atoms with E-state index in [4.69, 9.17) is 9.84 Å². The fourth-order valence-electron chi connectivity index (χ4n) is 2.17. The summed E-state index contributed by atoms with van der Waals surface area (Å²) in [6, 6.07) is 7.89. The van der Waals surface area contributed by atoms with Crippen molar-refractivity contribution in [1.29, 1.82) is 0 Å². The minimum absolute atomic E-state index is 0.218. The monoisotopic (exact) mass is 279 g/mol. The van der Waals surface area contributed by atoms with Crippen molar-refractivity contribution in [2.45, 2.75) is 32.7 Å². The summed E-state index contributed by atoms with van der Waals surface area (Å²) in [7, 11) is 1.41. The number of carbonyl (C=O) groups excluding carboxylic acids is 1. The molecule has 20 heavy (non-hydrogen) atoms. The molecule has 0 aliphatic rings. The van der Waals surface area contributed by atoms with E-state index in [0.717, 1.165) is 37.1 Å². The first-order valence-corrected chi connectivity index (χ1v) is 7.16. The molecule has 1 aromatic rings.